The van der Waals surface area contributed by atoms with Gasteiger partial charge in [-0.15, -0.1) is 0 Å². The number of fused-ring (bicyclic) bond motifs is 4. The smallest absolute Gasteiger partial charge is 0.0558 e. The van der Waals surface area contributed by atoms with E-state index in [2.05, 4.69) is 157 Å². The fourth-order valence-corrected chi connectivity index (χ4v) is 8.41. The molecule has 0 fully saturated rings. The molecule has 1 aliphatic rings. The Morgan fingerprint density at radius 1 is 0.519 bits per heavy atom. The Labute approximate surface area is 317 Å². The van der Waals surface area contributed by atoms with Crippen LogP contribution in [0.5, 0.6) is 0 Å². The summed E-state index contributed by atoms with van der Waals surface area (Å²) in [4.78, 5) is 0. The van der Waals surface area contributed by atoms with Gasteiger partial charge in [-0.3, -0.25) is 0 Å². The molecule has 258 valence electrons. The molecule has 0 amide bonds. The quantitative estimate of drug-likeness (QED) is 0.123. The molecule has 2 heteroatoms. The highest BCUT2D eigenvalue weighted by molar-refractivity contribution is 6.28. The van der Waals surface area contributed by atoms with Crippen LogP contribution in [0.3, 0.4) is 0 Å². The minimum absolute atomic E-state index is 0.719. The number of hydrogen-bond donors (Lipinski definition) is 2. The molecule has 1 aliphatic carbocycles. The summed E-state index contributed by atoms with van der Waals surface area (Å²) in [6.45, 7) is 8.35. The number of nitrogens with two attached hydrogens (primary N) is 1. The van der Waals surface area contributed by atoms with Gasteiger partial charge in [0.05, 0.1) is 5.69 Å². The molecule has 8 aromatic rings. The van der Waals surface area contributed by atoms with E-state index in [-0.39, 0.29) is 0 Å². The van der Waals surface area contributed by atoms with E-state index in [0.717, 1.165) is 39.3 Å². The summed E-state index contributed by atoms with van der Waals surface area (Å²) in [6.07, 6.45) is 8.11. The Hall–Kier alpha value is -6.90. The zero-order valence-corrected chi connectivity index (χ0v) is 30.5. The topological polar surface area (TPSA) is 38.0 Å². The second kappa shape index (κ2) is 13.6. The zero-order valence-electron chi connectivity index (χ0n) is 30.5. The molecule has 0 spiro atoms. The summed E-state index contributed by atoms with van der Waals surface area (Å²) < 4.78 is 0. The minimum Gasteiger partial charge on any atom is -0.398 e. The van der Waals surface area contributed by atoms with E-state index in [1.165, 1.54) is 71.6 Å². The Balaban J connectivity index is 1.22. The number of rotatable bonds is 8. The average Bonchev–Trinajstić information content (AvgIpc) is 3.54. The maximum Gasteiger partial charge on any atom is 0.0558 e. The van der Waals surface area contributed by atoms with Crippen molar-refractivity contribution in [2.45, 2.75) is 13.8 Å². The van der Waals surface area contributed by atoms with E-state index in [1.54, 1.807) is 0 Å². The number of hydrogen-bond acceptors (Lipinski definition) is 2. The van der Waals surface area contributed by atoms with E-state index in [4.69, 9.17) is 5.73 Å². The first-order chi connectivity index (χ1) is 26.6. The summed E-state index contributed by atoms with van der Waals surface area (Å²) in [5.41, 5.74) is 24.6. The van der Waals surface area contributed by atoms with Crippen molar-refractivity contribution >= 4 is 50.3 Å². The van der Waals surface area contributed by atoms with Gasteiger partial charge in [-0.2, -0.15) is 0 Å². The van der Waals surface area contributed by atoms with Crippen LogP contribution < -0.4 is 11.1 Å². The van der Waals surface area contributed by atoms with Crippen LogP contribution >= 0.6 is 0 Å². The maximum atomic E-state index is 6.49. The van der Waals surface area contributed by atoms with E-state index in [9.17, 15) is 0 Å². The van der Waals surface area contributed by atoms with Gasteiger partial charge in [-0.05, 0) is 115 Å². The fraction of sp³-hybridized carbons (Fsp3) is 0.0385. The van der Waals surface area contributed by atoms with Gasteiger partial charge in [0.15, 0.2) is 0 Å². The van der Waals surface area contributed by atoms with Crippen LogP contribution in [0.2, 0.25) is 0 Å². The molecule has 0 saturated heterocycles. The van der Waals surface area contributed by atoms with E-state index in [0.29, 0.717) is 0 Å². The molecule has 0 bridgehead atoms. The SMILES string of the molecule is C=C(/C=C\C)c1ccc(N)c(/C=C\C)c1Nc1ccc(-c2ccc3c4c(cccc24)-c2c-3c(-c3ccccc3)c3ccccc3c2-c2ccccc2)cc1. The largest absolute Gasteiger partial charge is 0.398 e. The van der Waals surface area contributed by atoms with Crippen molar-refractivity contribution in [3.63, 3.8) is 0 Å². The lowest BCUT2D eigenvalue weighted by Gasteiger charge is -2.20. The van der Waals surface area contributed by atoms with Gasteiger partial charge in [-0.25, -0.2) is 0 Å². The lowest BCUT2D eigenvalue weighted by molar-refractivity contribution is 1.49. The number of nitrogen functional groups attached to an aromatic ring is 1. The molecule has 54 heavy (non-hydrogen) atoms. The highest BCUT2D eigenvalue weighted by Gasteiger charge is 2.31. The molecule has 8 aromatic carbocycles. The molecule has 0 heterocycles. The number of allylic oxidation sites excluding steroid dienone is 4. The number of benzene rings is 8. The first-order valence-corrected chi connectivity index (χ1v) is 18.6. The number of anilines is 3. The van der Waals surface area contributed by atoms with Crippen LogP contribution in [0, 0.1) is 0 Å². The third-order valence-corrected chi connectivity index (χ3v) is 10.7. The predicted molar refractivity (Wildman–Crippen MR) is 235 cm³/mol. The third-order valence-electron chi connectivity index (χ3n) is 10.7. The first-order valence-electron chi connectivity index (χ1n) is 18.6. The van der Waals surface area contributed by atoms with Crippen LogP contribution in [0.4, 0.5) is 17.1 Å². The van der Waals surface area contributed by atoms with Crippen LogP contribution in [0.15, 0.2) is 176 Å². The maximum absolute atomic E-state index is 6.49. The molecule has 0 atom stereocenters. The Bertz CT molecular complexity index is 2710. The van der Waals surface area contributed by atoms with Gasteiger partial charge in [0.2, 0.25) is 0 Å². The fourth-order valence-electron chi connectivity index (χ4n) is 8.41. The highest BCUT2D eigenvalue weighted by atomic mass is 14.9. The van der Waals surface area contributed by atoms with Gasteiger partial charge >= 0.3 is 0 Å². The van der Waals surface area contributed by atoms with E-state index >= 15 is 0 Å². The minimum atomic E-state index is 0.719. The Morgan fingerprint density at radius 2 is 1.09 bits per heavy atom. The number of nitrogens with one attached hydrogen (secondary N) is 1. The van der Waals surface area contributed by atoms with Crippen LogP contribution in [0.1, 0.15) is 25.0 Å². The third kappa shape index (κ3) is 5.35. The molecule has 2 nitrogen and oxygen atoms in total. The highest BCUT2D eigenvalue weighted by Crippen LogP contribution is 2.58. The summed E-state index contributed by atoms with van der Waals surface area (Å²) in [5.74, 6) is 0. The van der Waals surface area contributed by atoms with E-state index in [1.807, 2.05) is 44.2 Å². The van der Waals surface area contributed by atoms with Crippen molar-refractivity contribution in [3.8, 4) is 55.6 Å². The molecule has 0 aromatic heterocycles. The first kappa shape index (κ1) is 33.0. The zero-order chi connectivity index (χ0) is 36.8. The van der Waals surface area contributed by atoms with Crippen molar-refractivity contribution < 1.29 is 0 Å². The van der Waals surface area contributed by atoms with Crippen LogP contribution in [-0.4, -0.2) is 0 Å². The van der Waals surface area contributed by atoms with Gasteiger partial charge in [-0.1, -0.05) is 164 Å². The van der Waals surface area contributed by atoms with Crippen molar-refractivity contribution in [1.82, 2.24) is 0 Å². The van der Waals surface area contributed by atoms with Gasteiger partial charge in [0.25, 0.3) is 0 Å². The Morgan fingerprint density at radius 3 is 1.70 bits per heavy atom. The Kier molecular flexibility index (Phi) is 8.29. The van der Waals surface area contributed by atoms with E-state index < -0.39 is 0 Å². The predicted octanol–water partition coefficient (Wildman–Crippen LogP) is 14.6. The standard InChI is InChI=1S/C52H40N2/c1-4-15-33(3)38-31-32-46(53)43(16-5-2)52(38)54-37-27-25-34(26-28-37)39-29-30-45-49-40(39)23-14-24-44(49)50-47(35-17-8-6-9-18-35)41-21-12-13-22-42(41)48(51(45)50)36-19-10-7-11-20-36/h4-32,54H,3,53H2,1-2H3/b15-4-,16-5-. The molecule has 0 saturated carbocycles. The summed E-state index contributed by atoms with van der Waals surface area (Å²) in [5, 5.41) is 8.79. The summed E-state index contributed by atoms with van der Waals surface area (Å²) in [6, 6.07) is 54.9. The molecule has 0 aliphatic heterocycles. The van der Waals surface area contributed by atoms with Gasteiger partial charge in [0.1, 0.15) is 0 Å². The molecule has 0 radical (unpaired) electrons. The summed E-state index contributed by atoms with van der Waals surface area (Å²) >= 11 is 0. The molecular formula is C52H40N2. The molecule has 0 unspecified atom stereocenters. The van der Waals surface area contributed by atoms with Crippen molar-refractivity contribution in [3.05, 3.63) is 188 Å². The molecular weight excluding hydrogens is 653 g/mol. The van der Waals surface area contributed by atoms with Gasteiger partial charge < -0.3 is 11.1 Å². The lowest BCUT2D eigenvalue weighted by Crippen LogP contribution is -2.01. The second-order valence-corrected chi connectivity index (χ2v) is 13.9. The van der Waals surface area contributed by atoms with Crippen molar-refractivity contribution in [2.75, 3.05) is 11.1 Å². The van der Waals surface area contributed by atoms with Crippen LogP contribution in [-0.2, 0) is 0 Å². The van der Waals surface area contributed by atoms with Crippen molar-refractivity contribution in [2.24, 2.45) is 0 Å². The molecule has 3 N–H and O–H groups in total. The molecule has 9 rings (SSSR count). The van der Waals surface area contributed by atoms with Gasteiger partial charge in [0, 0.05) is 22.5 Å². The normalized spacial score (nSPS) is 11.9. The average molecular weight is 693 g/mol. The van der Waals surface area contributed by atoms with Crippen molar-refractivity contribution in [1.29, 1.82) is 0 Å². The summed E-state index contributed by atoms with van der Waals surface area (Å²) in [7, 11) is 0. The second-order valence-electron chi connectivity index (χ2n) is 13.9. The lowest BCUT2D eigenvalue weighted by atomic mass is 9.82. The van der Waals surface area contributed by atoms with Crippen LogP contribution in [0.25, 0.3) is 88.8 Å². The monoisotopic (exact) mass is 692 g/mol.